The molecule has 7 nitrogen and oxygen atoms in total. The first kappa shape index (κ1) is 28.7. The van der Waals surface area contributed by atoms with Crippen LogP contribution >= 0.6 is 0 Å². The van der Waals surface area contributed by atoms with E-state index in [0.717, 1.165) is 51.0 Å². The topological polar surface area (TPSA) is 55.0 Å². The Balaban J connectivity index is 1.02. The number of para-hydroxylation sites is 1. The van der Waals surface area contributed by atoms with Crippen LogP contribution in [0.2, 0.25) is 0 Å². The summed E-state index contributed by atoms with van der Waals surface area (Å²) in [7, 11) is 6.94. The average molecular weight is 645 g/mol. The quantitative estimate of drug-likeness (QED) is 0.256. The van der Waals surface area contributed by atoms with E-state index in [0.29, 0.717) is 53.8 Å². The molecule has 8 aliphatic rings. The van der Waals surface area contributed by atoms with Gasteiger partial charge in [0.2, 0.25) is 5.79 Å². The van der Waals surface area contributed by atoms with Crippen molar-refractivity contribution < 1.29 is 14.6 Å². The number of aliphatic hydroxyl groups is 1. The number of allylic oxidation sites excluding steroid dienone is 1. The Kier molecular flexibility index (Phi) is 5.72. The normalized spacial score (nSPS) is 39.9. The van der Waals surface area contributed by atoms with E-state index in [-0.39, 0.29) is 6.61 Å². The van der Waals surface area contributed by atoms with Crippen LogP contribution in [0.15, 0.2) is 48.0 Å². The number of likely N-dealkylation sites (N-methyl/N-ethyl adjacent to an activating group) is 1. The molecule has 0 amide bonds. The Morgan fingerprint density at radius 1 is 0.875 bits per heavy atom. The van der Waals surface area contributed by atoms with Gasteiger partial charge in [-0.25, -0.2) is 0 Å². The molecule has 10 heterocycles. The van der Waals surface area contributed by atoms with Gasteiger partial charge in [0.1, 0.15) is 5.75 Å². The lowest BCUT2D eigenvalue weighted by Gasteiger charge is -2.59. The zero-order valence-corrected chi connectivity index (χ0v) is 28.9. The lowest BCUT2D eigenvalue weighted by molar-refractivity contribution is -0.280. The summed E-state index contributed by atoms with van der Waals surface area (Å²) < 4.78 is 19.0. The Morgan fingerprint density at radius 2 is 1.67 bits per heavy atom. The van der Waals surface area contributed by atoms with Gasteiger partial charge < -0.3 is 23.7 Å². The molecule has 0 radical (unpaired) electrons. The largest absolute Gasteiger partial charge is 0.462 e. The van der Waals surface area contributed by atoms with Crippen LogP contribution in [-0.2, 0) is 38.1 Å². The molecule has 7 heteroatoms. The third-order valence-electron chi connectivity index (χ3n) is 15.1. The molecular formula is C41H48N4O3. The maximum atomic E-state index is 10.7. The summed E-state index contributed by atoms with van der Waals surface area (Å²) in [5.41, 5.74) is 11.8. The summed E-state index contributed by atoms with van der Waals surface area (Å²) in [5.74, 6) is 2.52. The molecule has 2 aromatic heterocycles. The van der Waals surface area contributed by atoms with E-state index in [1.807, 2.05) is 0 Å². The summed E-state index contributed by atoms with van der Waals surface area (Å²) in [6, 6.07) is 15.2. The van der Waals surface area contributed by atoms with Crippen LogP contribution in [0.3, 0.4) is 0 Å². The molecule has 2 unspecified atom stereocenters. The Labute approximate surface area is 283 Å². The molecule has 1 N–H and O–H groups in total. The number of hydrogen-bond donors (Lipinski definition) is 1. The lowest BCUT2D eigenvalue weighted by Crippen LogP contribution is -2.64. The van der Waals surface area contributed by atoms with Crippen molar-refractivity contribution in [2.45, 2.75) is 75.9 Å². The molecule has 250 valence electrons. The molecule has 4 aromatic rings. The number of fused-ring (bicyclic) bond motifs is 16. The van der Waals surface area contributed by atoms with Crippen LogP contribution in [0.5, 0.6) is 5.75 Å². The molecule has 5 fully saturated rings. The first-order valence-corrected chi connectivity index (χ1v) is 18.6. The second-order valence-electron chi connectivity index (χ2n) is 16.6. The van der Waals surface area contributed by atoms with Gasteiger partial charge >= 0.3 is 0 Å². The molecule has 5 saturated heterocycles. The Bertz CT molecular complexity index is 2070. The van der Waals surface area contributed by atoms with Crippen molar-refractivity contribution in [1.82, 2.24) is 18.9 Å². The van der Waals surface area contributed by atoms with Crippen LogP contribution in [0.25, 0.3) is 21.8 Å². The molecule has 0 saturated carbocycles. The van der Waals surface area contributed by atoms with Crippen LogP contribution in [0, 0.1) is 29.6 Å². The van der Waals surface area contributed by atoms with Gasteiger partial charge in [-0.05, 0) is 87.2 Å². The summed E-state index contributed by atoms with van der Waals surface area (Å²) in [5, 5.41) is 13.5. The predicted octanol–water partition coefficient (Wildman–Crippen LogP) is 6.06. The van der Waals surface area contributed by atoms with Gasteiger partial charge in [-0.3, -0.25) is 9.80 Å². The predicted molar refractivity (Wildman–Crippen MR) is 187 cm³/mol. The molecule has 8 aliphatic heterocycles. The highest BCUT2D eigenvalue weighted by Gasteiger charge is 2.59. The van der Waals surface area contributed by atoms with Gasteiger partial charge in [-0.1, -0.05) is 29.8 Å². The second kappa shape index (κ2) is 9.57. The summed E-state index contributed by atoms with van der Waals surface area (Å²) in [4.78, 5) is 5.42. The van der Waals surface area contributed by atoms with Crippen LogP contribution in [-0.4, -0.2) is 68.7 Å². The smallest absolute Gasteiger partial charge is 0.211 e. The molecule has 2 aromatic carbocycles. The van der Waals surface area contributed by atoms with Gasteiger partial charge in [0.05, 0.1) is 18.7 Å². The highest BCUT2D eigenvalue weighted by Crippen LogP contribution is 2.59. The molecule has 0 spiro atoms. The molecule has 6 bridgehead atoms. The second-order valence-corrected chi connectivity index (χ2v) is 16.6. The fourth-order valence-corrected chi connectivity index (χ4v) is 12.9. The minimum absolute atomic E-state index is 0.271. The van der Waals surface area contributed by atoms with Crippen molar-refractivity contribution in [2.24, 2.45) is 43.7 Å². The van der Waals surface area contributed by atoms with Crippen LogP contribution in [0.4, 0.5) is 0 Å². The van der Waals surface area contributed by atoms with Crippen molar-refractivity contribution in [3.8, 4) is 5.75 Å². The third kappa shape index (κ3) is 3.35. The number of ether oxygens (including phenoxy) is 2. The number of hydrogen-bond acceptors (Lipinski definition) is 5. The minimum atomic E-state index is -0.616. The maximum absolute atomic E-state index is 10.7. The lowest BCUT2D eigenvalue weighted by atomic mass is 9.61. The van der Waals surface area contributed by atoms with Gasteiger partial charge in [-0.15, -0.1) is 0 Å². The van der Waals surface area contributed by atoms with Crippen molar-refractivity contribution in [3.05, 3.63) is 76.1 Å². The van der Waals surface area contributed by atoms with E-state index in [1.165, 1.54) is 49.9 Å². The standard InChI is InChI=1S/C41H48N4O3/c1-6-21-18-45-34-17-27-38-26-13-30-24-15-35-39-25(22-9-7-8-10-31(22)43(39)4)16-33(42(35)3)29(24)20-47-41(30,2)48-37(26)12-11-32(38)44(5)40(27)36(45)14-23(21)28(34)19-46/h6-12,23-24,28-30,33-36,46H,13-20H2,1-5H3/b21-6-/t23-,24+,28?,29+,30-,33-,34-,35-,36-,41-/m0/s1. The molecule has 48 heavy (non-hydrogen) atoms. The van der Waals surface area contributed by atoms with E-state index in [1.54, 1.807) is 5.56 Å². The molecule has 12 rings (SSSR count). The highest BCUT2D eigenvalue weighted by atomic mass is 16.7. The first-order valence-electron chi connectivity index (χ1n) is 18.6. The maximum Gasteiger partial charge on any atom is 0.211 e. The fraction of sp³-hybridized carbons (Fsp3) is 0.561. The van der Waals surface area contributed by atoms with E-state index >= 15 is 0 Å². The van der Waals surface area contributed by atoms with Gasteiger partial charge in [-0.2, -0.15) is 0 Å². The first-order chi connectivity index (χ1) is 23.3. The highest BCUT2D eigenvalue weighted by molar-refractivity contribution is 5.92. The third-order valence-corrected chi connectivity index (χ3v) is 15.1. The number of aromatic nitrogens is 2. The minimum Gasteiger partial charge on any atom is -0.462 e. The van der Waals surface area contributed by atoms with Crippen molar-refractivity contribution in [1.29, 1.82) is 0 Å². The number of aryl methyl sites for hydroxylation is 2. The van der Waals surface area contributed by atoms with E-state index in [9.17, 15) is 5.11 Å². The molecular weight excluding hydrogens is 596 g/mol. The number of aliphatic hydroxyl groups excluding tert-OH is 1. The fourth-order valence-electron chi connectivity index (χ4n) is 12.9. The van der Waals surface area contributed by atoms with E-state index in [4.69, 9.17) is 9.47 Å². The zero-order valence-electron chi connectivity index (χ0n) is 28.9. The van der Waals surface area contributed by atoms with Gasteiger partial charge in [0.25, 0.3) is 0 Å². The summed E-state index contributed by atoms with van der Waals surface area (Å²) in [6.45, 7) is 6.49. The number of benzene rings is 2. The summed E-state index contributed by atoms with van der Waals surface area (Å²) in [6.07, 6.45) is 7.68. The number of rotatable bonds is 1. The SMILES string of the molecule is C/C=C1/CN2[C@H]3C[C@@H]1C(CO)[C@@H]2Cc1c3n(C)c2ccc3c(c12)C[C@H]1[C@@H]2C[C@H]4c5c(c6ccccc6n5C)C[C@@H]([C@@H]2CO[C@@]1(C)O3)N4C. The average Bonchev–Trinajstić information content (AvgIpc) is 3.53. The number of piperidine rings is 4. The van der Waals surface area contributed by atoms with Crippen molar-refractivity contribution >= 4 is 21.8 Å². The van der Waals surface area contributed by atoms with Crippen molar-refractivity contribution in [2.75, 3.05) is 26.8 Å². The van der Waals surface area contributed by atoms with Crippen LogP contribution in [0.1, 0.15) is 66.9 Å². The Morgan fingerprint density at radius 3 is 2.50 bits per heavy atom. The monoisotopic (exact) mass is 644 g/mol. The van der Waals surface area contributed by atoms with Gasteiger partial charge in [0.15, 0.2) is 0 Å². The molecule has 0 aliphatic carbocycles. The molecule has 11 atom stereocenters. The Hall–Kier alpha value is -3.10. The van der Waals surface area contributed by atoms with Crippen molar-refractivity contribution in [3.63, 3.8) is 0 Å². The van der Waals surface area contributed by atoms with Crippen LogP contribution < -0.4 is 4.74 Å². The zero-order chi connectivity index (χ0) is 32.4. The summed E-state index contributed by atoms with van der Waals surface area (Å²) >= 11 is 0. The van der Waals surface area contributed by atoms with E-state index in [2.05, 4.69) is 96.4 Å². The van der Waals surface area contributed by atoms with E-state index < -0.39 is 5.79 Å². The number of nitrogens with zero attached hydrogens (tertiary/aromatic N) is 4. The van der Waals surface area contributed by atoms with Gasteiger partial charge in [0, 0.05) is 103 Å².